The molecule has 1 atom stereocenters. The van der Waals surface area contributed by atoms with Gasteiger partial charge in [-0.25, -0.2) is 13.4 Å². The zero-order chi connectivity index (χ0) is 12.2. The van der Waals surface area contributed by atoms with Crippen molar-refractivity contribution in [2.45, 2.75) is 32.1 Å². The Balaban J connectivity index is 2.64. The third kappa shape index (κ3) is 3.84. The molecule has 0 radical (unpaired) electrons. The standard InChI is InChI=1S/C10H18N2O2S2/c1-4-5-11-6-9-7-12-10(15-9)8(2)16(3,13)14/h7-8,11H,4-6H2,1-3H3. The summed E-state index contributed by atoms with van der Waals surface area (Å²) in [5.74, 6) is 0. The Morgan fingerprint density at radius 1 is 1.56 bits per heavy atom. The summed E-state index contributed by atoms with van der Waals surface area (Å²) in [5.41, 5.74) is 0. The largest absolute Gasteiger partial charge is 0.312 e. The maximum atomic E-state index is 11.4. The molecular weight excluding hydrogens is 244 g/mol. The van der Waals surface area contributed by atoms with Gasteiger partial charge in [0, 0.05) is 23.9 Å². The van der Waals surface area contributed by atoms with Crippen LogP contribution in [0.5, 0.6) is 0 Å². The Morgan fingerprint density at radius 3 is 2.81 bits per heavy atom. The first-order valence-corrected chi connectivity index (χ1v) is 8.06. The SMILES string of the molecule is CCCNCc1cnc(C(C)S(C)(=O)=O)s1. The highest BCUT2D eigenvalue weighted by atomic mass is 32.2. The molecule has 1 heterocycles. The minimum atomic E-state index is -3.04. The lowest BCUT2D eigenvalue weighted by atomic mass is 10.4. The lowest BCUT2D eigenvalue weighted by Crippen LogP contribution is -2.12. The molecule has 1 N–H and O–H groups in total. The number of sulfone groups is 1. The predicted molar refractivity (Wildman–Crippen MR) is 67.4 cm³/mol. The first-order valence-electron chi connectivity index (χ1n) is 5.29. The molecule has 0 fully saturated rings. The van der Waals surface area contributed by atoms with E-state index in [0.717, 1.165) is 24.4 Å². The maximum Gasteiger partial charge on any atom is 0.156 e. The molecule has 0 aliphatic heterocycles. The maximum absolute atomic E-state index is 11.4. The van der Waals surface area contributed by atoms with Gasteiger partial charge in [0.2, 0.25) is 0 Å². The van der Waals surface area contributed by atoms with Gasteiger partial charge in [0.25, 0.3) is 0 Å². The normalized spacial score (nSPS) is 13.9. The fourth-order valence-corrected chi connectivity index (χ4v) is 3.08. The van der Waals surface area contributed by atoms with Gasteiger partial charge in [-0.1, -0.05) is 6.92 Å². The monoisotopic (exact) mass is 262 g/mol. The molecular formula is C10H18N2O2S2. The predicted octanol–water partition coefficient (Wildman–Crippen LogP) is 1.75. The van der Waals surface area contributed by atoms with Crippen molar-refractivity contribution >= 4 is 21.2 Å². The van der Waals surface area contributed by atoms with E-state index in [0.29, 0.717) is 5.01 Å². The molecule has 0 amide bonds. The fourth-order valence-electron chi connectivity index (χ4n) is 1.16. The van der Waals surface area contributed by atoms with Crippen LogP contribution in [0.3, 0.4) is 0 Å². The first-order chi connectivity index (χ1) is 7.45. The lowest BCUT2D eigenvalue weighted by Gasteiger charge is -2.04. The molecule has 4 nitrogen and oxygen atoms in total. The van der Waals surface area contributed by atoms with Crippen LogP contribution >= 0.6 is 11.3 Å². The van der Waals surface area contributed by atoms with E-state index < -0.39 is 15.1 Å². The van der Waals surface area contributed by atoms with E-state index in [-0.39, 0.29) is 0 Å². The number of nitrogens with zero attached hydrogens (tertiary/aromatic N) is 1. The zero-order valence-corrected chi connectivity index (χ0v) is 11.5. The van der Waals surface area contributed by atoms with Crippen LogP contribution in [-0.2, 0) is 16.4 Å². The number of hydrogen-bond acceptors (Lipinski definition) is 5. The molecule has 0 saturated heterocycles. The highest BCUT2D eigenvalue weighted by Crippen LogP contribution is 2.25. The molecule has 0 aliphatic rings. The van der Waals surface area contributed by atoms with Crippen molar-refractivity contribution < 1.29 is 8.42 Å². The topological polar surface area (TPSA) is 59.1 Å². The number of rotatable bonds is 6. The van der Waals surface area contributed by atoms with Crippen molar-refractivity contribution in [3.8, 4) is 0 Å². The molecule has 1 unspecified atom stereocenters. The minimum absolute atomic E-state index is 0.502. The quantitative estimate of drug-likeness (QED) is 0.793. The summed E-state index contributed by atoms with van der Waals surface area (Å²) in [6.45, 7) is 5.52. The summed E-state index contributed by atoms with van der Waals surface area (Å²) in [6.07, 6.45) is 4.09. The third-order valence-electron chi connectivity index (χ3n) is 2.29. The second-order valence-electron chi connectivity index (χ2n) is 3.81. The Kier molecular flexibility index (Phi) is 4.89. The molecule has 0 aliphatic carbocycles. The van der Waals surface area contributed by atoms with Crippen molar-refractivity contribution in [2.75, 3.05) is 12.8 Å². The average Bonchev–Trinajstić information content (AvgIpc) is 2.64. The average molecular weight is 262 g/mol. The Bertz CT molecular complexity index is 426. The van der Waals surface area contributed by atoms with Gasteiger partial charge in [0.05, 0.1) is 0 Å². The number of aromatic nitrogens is 1. The molecule has 0 spiro atoms. The number of hydrogen-bond donors (Lipinski definition) is 1. The Morgan fingerprint density at radius 2 is 2.25 bits per heavy atom. The van der Waals surface area contributed by atoms with Gasteiger partial charge in [-0.05, 0) is 19.9 Å². The third-order valence-corrected chi connectivity index (χ3v) is 5.12. The first kappa shape index (κ1) is 13.6. The van der Waals surface area contributed by atoms with Gasteiger partial charge in [-0.3, -0.25) is 0 Å². The molecule has 0 bridgehead atoms. The zero-order valence-electron chi connectivity index (χ0n) is 9.86. The van der Waals surface area contributed by atoms with Crippen molar-refractivity contribution in [2.24, 2.45) is 0 Å². The Labute approximate surface area is 101 Å². The second-order valence-corrected chi connectivity index (χ2v) is 7.33. The molecule has 1 aromatic heterocycles. The van der Waals surface area contributed by atoms with Gasteiger partial charge in [-0.2, -0.15) is 0 Å². The van der Waals surface area contributed by atoms with Gasteiger partial charge in [0.15, 0.2) is 9.84 Å². The molecule has 16 heavy (non-hydrogen) atoms. The van der Waals surface area contributed by atoms with Crippen LogP contribution < -0.4 is 5.32 Å². The van der Waals surface area contributed by atoms with Crippen LogP contribution in [0.4, 0.5) is 0 Å². The highest BCUT2D eigenvalue weighted by Gasteiger charge is 2.20. The lowest BCUT2D eigenvalue weighted by molar-refractivity contribution is 0.592. The van der Waals surface area contributed by atoms with Crippen molar-refractivity contribution in [1.82, 2.24) is 10.3 Å². The molecule has 0 aromatic carbocycles. The van der Waals surface area contributed by atoms with Crippen LogP contribution in [0.15, 0.2) is 6.20 Å². The van der Waals surface area contributed by atoms with Gasteiger partial charge in [-0.15, -0.1) is 11.3 Å². The summed E-state index contributed by atoms with van der Waals surface area (Å²) < 4.78 is 22.7. The summed E-state index contributed by atoms with van der Waals surface area (Å²) in [4.78, 5) is 5.24. The van der Waals surface area contributed by atoms with E-state index in [1.807, 2.05) is 0 Å². The minimum Gasteiger partial charge on any atom is -0.312 e. The van der Waals surface area contributed by atoms with Gasteiger partial charge in [0.1, 0.15) is 10.3 Å². The van der Waals surface area contributed by atoms with E-state index in [1.165, 1.54) is 17.6 Å². The van der Waals surface area contributed by atoms with Crippen LogP contribution in [0, 0.1) is 0 Å². The van der Waals surface area contributed by atoms with E-state index in [9.17, 15) is 8.42 Å². The summed E-state index contributed by atoms with van der Waals surface area (Å²) in [5, 5.41) is 3.44. The van der Waals surface area contributed by atoms with E-state index in [4.69, 9.17) is 0 Å². The molecule has 92 valence electrons. The summed E-state index contributed by atoms with van der Waals surface area (Å²) >= 11 is 1.47. The smallest absolute Gasteiger partial charge is 0.156 e. The van der Waals surface area contributed by atoms with Crippen molar-refractivity contribution in [3.63, 3.8) is 0 Å². The van der Waals surface area contributed by atoms with Crippen LogP contribution in [0.25, 0.3) is 0 Å². The second kappa shape index (κ2) is 5.75. The van der Waals surface area contributed by atoms with E-state index >= 15 is 0 Å². The molecule has 1 aromatic rings. The molecule has 1 rings (SSSR count). The van der Waals surface area contributed by atoms with E-state index in [2.05, 4.69) is 17.2 Å². The van der Waals surface area contributed by atoms with Gasteiger partial charge < -0.3 is 5.32 Å². The molecule has 0 saturated carbocycles. The van der Waals surface area contributed by atoms with Crippen LogP contribution in [0.2, 0.25) is 0 Å². The van der Waals surface area contributed by atoms with E-state index in [1.54, 1.807) is 13.1 Å². The van der Waals surface area contributed by atoms with Crippen LogP contribution in [-0.4, -0.2) is 26.2 Å². The summed E-state index contributed by atoms with van der Waals surface area (Å²) in [6, 6.07) is 0. The van der Waals surface area contributed by atoms with Gasteiger partial charge >= 0.3 is 0 Å². The van der Waals surface area contributed by atoms with Crippen molar-refractivity contribution in [3.05, 3.63) is 16.1 Å². The number of nitrogens with one attached hydrogen (secondary N) is 1. The molecule has 6 heteroatoms. The summed E-state index contributed by atoms with van der Waals surface area (Å²) in [7, 11) is -3.04. The number of thiazole rings is 1. The van der Waals surface area contributed by atoms with Crippen molar-refractivity contribution in [1.29, 1.82) is 0 Å². The van der Waals surface area contributed by atoms with Crippen LogP contribution in [0.1, 0.15) is 35.4 Å². The highest BCUT2D eigenvalue weighted by molar-refractivity contribution is 7.91. The Hall–Kier alpha value is -0.460. The fraction of sp³-hybridized carbons (Fsp3) is 0.700.